The molecular formula is C16H15NO4S3. The summed E-state index contributed by atoms with van der Waals surface area (Å²) < 4.78 is 14.7. The van der Waals surface area contributed by atoms with Crippen molar-refractivity contribution >= 4 is 44.6 Å². The lowest BCUT2D eigenvalue weighted by molar-refractivity contribution is 0.0734. The van der Waals surface area contributed by atoms with Gasteiger partial charge in [-0.3, -0.25) is 4.79 Å². The SMILES string of the molecule is O=C(c1ccc(OS)c(OS)c1)N1CCc2cc(OS)ccc2C1. The molecule has 1 heterocycles. The molecule has 0 spiro atoms. The third kappa shape index (κ3) is 3.40. The first-order valence-electron chi connectivity index (χ1n) is 7.15. The van der Waals surface area contributed by atoms with Crippen molar-refractivity contribution in [2.75, 3.05) is 6.54 Å². The molecule has 0 fully saturated rings. The van der Waals surface area contributed by atoms with E-state index in [0.717, 1.165) is 12.0 Å². The molecule has 0 atom stereocenters. The van der Waals surface area contributed by atoms with Gasteiger partial charge in [-0.25, -0.2) is 0 Å². The Balaban J connectivity index is 1.81. The first-order chi connectivity index (χ1) is 11.7. The fraction of sp³-hybridized carbons (Fsp3) is 0.188. The van der Waals surface area contributed by atoms with Gasteiger partial charge < -0.3 is 17.4 Å². The number of carbonyl (C=O) groups is 1. The fourth-order valence-corrected chi connectivity index (χ4v) is 3.14. The van der Waals surface area contributed by atoms with Gasteiger partial charge in [-0.2, -0.15) is 0 Å². The van der Waals surface area contributed by atoms with Crippen LogP contribution in [0.5, 0.6) is 17.2 Å². The van der Waals surface area contributed by atoms with E-state index in [-0.39, 0.29) is 5.91 Å². The third-order valence-corrected chi connectivity index (χ3v) is 4.57. The average Bonchev–Trinajstić information content (AvgIpc) is 2.65. The zero-order chi connectivity index (χ0) is 17.1. The molecule has 1 aliphatic rings. The van der Waals surface area contributed by atoms with E-state index < -0.39 is 0 Å². The van der Waals surface area contributed by atoms with Crippen LogP contribution in [-0.4, -0.2) is 17.4 Å². The van der Waals surface area contributed by atoms with Crippen LogP contribution in [0.25, 0.3) is 0 Å². The van der Waals surface area contributed by atoms with E-state index in [1.165, 1.54) is 5.56 Å². The quantitative estimate of drug-likeness (QED) is 0.560. The summed E-state index contributed by atoms with van der Waals surface area (Å²) in [5.41, 5.74) is 2.78. The molecule has 0 N–H and O–H groups in total. The van der Waals surface area contributed by atoms with Crippen molar-refractivity contribution in [3.8, 4) is 17.2 Å². The van der Waals surface area contributed by atoms with Gasteiger partial charge in [0.2, 0.25) is 0 Å². The Hall–Kier alpha value is -1.64. The lowest BCUT2D eigenvalue weighted by atomic mass is 9.99. The molecule has 2 aromatic carbocycles. The molecule has 3 rings (SSSR count). The molecule has 0 aliphatic carbocycles. The average molecular weight is 382 g/mol. The first kappa shape index (κ1) is 17.2. The Morgan fingerprint density at radius 3 is 2.42 bits per heavy atom. The van der Waals surface area contributed by atoms with E-state index in [0.29, 0.717) is 35.9 Å². The number of hydrogen-bond donors (Lipinski definition) is 3. The summed E-state index contributed by atoms with van der Waals surface area (Å²) in [4.78, 5) is 14.5. The van der Waals surface area contributed by atoms with Crippen LogP contribution in [0.2, 0.25) is 0 Å². The molecule has 0 aromatic heterocycles. The molecule has 126 valence electrons. The molecule has 0 bridgehead atoms. The van der Waals surface area contributed by atoms with Crippen molar-refractivity contribution in [1.29, 1.82) is 0 Å². The maximum Gasteiger partial charge on any atom is 0.254 e. The summed E-state index contributed by atoms with van der Waals surface area (Å²) in [6, 6.07) is 10.6. The van der Waals surface area contributed by atoms with Gasteiger partial charge in [0.05, 0.1) is 0 Å². The molecule has 2 aromatic rings. The lowest BCUT2D eigenvalue weighted by Crippen LogP contribution is -2.35. The molecule has 5 nitrogen and oxygen atoms in total. The number of nitrogens with zero attached hydrogens (tertiary/aromatic N) is 1. The van der Waals surface area contributed by atoms with Crippen molar-refractivity contribution < 1.29 is 17.3 Å². The first-order valence-corrected chi connectivity index (χ1v) is 8.25. The summed E-state index contributed by atoms with van der Waals surface area (Å²) in [7, 11) is 0. The molecule has 0 radical (unpaired) electrons. The van der Waals surface area contributed by atoms with Crippen molar-refractivity contribution in [1.82, 2.24) is 4.90 Å². The number of fused-ring (bicyclic) bond motifs is 1. The summed E-state index contributed by atoms with van der Waals surface area (Å²) in [5, 5.41) is 0. The van der Waals surface area contributed by atoms with Gasteiger partial charge in [0.15, 0.2) is 11.5 Å². The zero-order valence-corrected chi connectivity index (χ0v) is 15.2. The monoisotopic (exact) mass is 381 g/mol. The van der Waals surface area contributed by atoms with Crippen LogP contribution >= 0.6 is 38.7 Å². The van der Waals surface area contributed by atoms with Crippen LogP contribution in [0, 0.1) is 0 Å². The Labute approximate surface area is 156 Å². The molecular weight excluding hydrogens is 366 g/mol. The fourth-order valence-electron chi connectivity index (χ4n) is 2.73. The second-order valence-corrected chi connectivity index (χ2v) is 5.89. The molecule has 0 saturated heterocycles. The van der Waals surface area contributed by atoms with Gasteiger partial charge in [-0.1, -0.05) is 6.07 Å². The Morgan fingerprint density at radius 1 is 0.917 bits per heavy atom. The smallest absolute Gasteiger partial charge is 0.254 e. The van der Waals surface area contributed by atoms with Gasteiger partial charge in [0.1, 0.15) is 5.75 Å². The Kier molecular flexibility index (Phi) is 5.37. The third-order valence-electron chi connectivity index (χ3n) is 3.97. The van der Waals surface area contributed by atoms with Crippen molar-refractivity contribution in [2.45, 2.75) is 13.0 Å². The van der Waals surface area contributed by atoms with Gasteiger partial charge in [-0.05, 0) is 47.9 Å². The van der Waals surface area contributed by atoms with Gasteiger partial charge in [-0.15, -0.1) is 0 Å². The van der Waals surface area contributed by atoms with Gasteiger partial charge in [0, 0.05) is 57.4 Å². The lowest BCUT2D eigenvalue weighted by Gasteiger charge is -2.29. The van der Waals surface area contributed by atoms with Crippen LogP contribution in [0.3, 0.4) is 0 Å². The zero-order valence-electron chi connectivity index (χ0n) is 12.5. The predicted molar refractivity (Wildman–Crippen MR) is 100 cm³/mol. The van der Waals surface area contributed by atoms with Crippen molar-refractivity contribution in [3.05, 3.63) is 53.1 Å². The number of benzene rings is 2. The van der Waals surface area contributed by atoms with E-state index >= 15 is 0 Å². The maximum absolute atomic E-state index is 12.7. The molecule has 1 amide bonds. The minimum absolute atomic E-state index is 0.0764. The van der Waals surface area contributed by atoms with E-state index in [4.69, 9.17) is 12.5 Å². The highest BCUT2D eigenvalue weighted by atomic mass is 32.1. The van der Waals surface area contributed by atoms with E-state index in [1.54, 1.807) is 23.1 Å². The molecule has 0 unspecified atom stereocenters. The highest BCUT2D eigenvalue weighted by Crippen LogP contribution is 2.31. The highest BCUT2D eigenvalue weighted by Gasteiger charge is 2.23. The summed E-state index contributed by atoms with van der Waals surface area (Å²) in [6.45, 7) is 1.17. The second-order valence-electron chi connectivity index (χ2n) is 5.34. The molecule has 1 aliphatic heterocycles. The van der Waals surface area contributed by atoms with Gasteiger partial charge in [0.25, 0.3) is 5.91 Å². The highest BCUT2D eigenvalue weighted by molar-refractivity contribution is 7.75. The van der Waals surface area contributed by atoms with E-state index in [9.17, 15) is 4.79 Å². The normalized spacial score (nSPS) is 13.2. The molecule has 0 saturated carbocycles. The summed E-state index contributed by atoms with van der Waals surface area (Å²) in [6.07, 6.45) is 0.764. The van der Waals surface area contributed by atoms with Gasteiger partial charge >= 0.3 is 0 Å². The van der Waals surface area contributed by atoms with Crippen molar-refractivity contribution in [2.24, 2.45) is 0 Å². The van der Waals surface area contributed by atoms with Crippen LogP contribution < -0.4 is 12.5 Å². The standard InChI is InChI=1S/C16H15NO4S3/c18-16(11-2-4-14(20-23)15(8-11)21-24)17-6-5-10-7-13(19-22)3-1-12(10)9-17/h1-4,7-8,22-24H,5-6,9H2. The van der Waals surface area contributed by atoms with Crippen LogP contribution in [0.15, 0.2) is 36.4 Å². The second kappa shape index (κ2) is 7.50. The maximum atomic E-state index is 12.7. The number of rotatable bonds is 4. The minimum atomic E-state index is -0.0764. The molecule has 8 heteroatoms. The van der Waals surface area contributed by atoms with Crippen LogP contribution in [0.4, 0.5) is 0 Å². The largest absolute Gasteiger partial charge is 0.429 e. The number of thiol groups is 3. The predicted octanol–water partition coefficient (Wildman–Crippen LogP) is 3.56. The number of carbonyl (C=O) groups excluding carboxylic acids is 1. The van der Waals surface area contributed by atoms with Crippen LogP contribution in [0.1, 0.15) is 21.5 Å². The van der Waals surface area contributed by atoms with Crippen molar-refractivity contribution in [3.63, 3.8) is 0 Å². The van der Waals surface area contributed by atoms with Crippen LogP contribution in [-0.2, 0) is 13.0 Å². The topological polar surface area (TPSA) is 48.0 Å². The minimum Gasteiger partial charge on any atom is -0.429 e. The number of hydrogen-bond acceptors (Lipinski definition) is 7. The Bertz CT molecular complexity index is 769. The van der Waals surface area contributed by atoms with E-state index in [1.807, 2.05) is 18.2 Å². The summed E-state index contributed by atoms with van der Waals surface area (Å²) >= 11 is 11.3. The summed E-state index contributed by atoms with van der Waals surface area (Å²) in [5.74, 6) is 1.36. The Morgan fingerprint density at radius 2 is 1.71 bits per heavy atom. The van der Waals surface area contributed by atoms with E-state index in [2.05, 4.69) is 38.7 Å². The molecule has 24 heavy (non-hydrogen) atoms. The number of amides is 1.